The molecule has 0 bridgehead atoms. The molecule has 2 aromatic heterocycles. The average molecular weight is 428 g/mol. The van der Waals surface area contributed by atoms with E-state index in [4.69, 9.17) is 11.6 Å². The van der Waals surface area contributed by atoms with E-state index in [1.807, 2.05) is 52.9 Å². The number of hydrogen-bond donors (Lipinski definition) is 2. The zero-order valence-corrected chi connectivity index (χ0v) is 19.0. The number of nitrogens with one attached hydrogen (secondary N) is 2. The molecule has 3 aromatic rings. The number of nitrogens with zero attached hydrogens (tertiary/aromatic N) is 5. The van der Waals surface area contributed by atoms with Crippen molar-refractivity contribution in [3.05, 3.63) is 70.3 Å². The van der Waals surface area contributed by atoms with Gasteiger partial charge >= 0.3 is 0 Å². The lowest BCUT2D eigenvalue weighted by molar-refractivity contribution is 0.507. The molecule has 1 aromatic carbocycles. The first-order valence-electron chi connectivity index (χ1n) is 10.1. The second-order valence-corrected chi connectivity index (χ2v) is 7.97. The Kier molecular flexibility index (Phi) is 7.15. The molecule has 0 amide bonds. The molecule has 0 spiro atoms. The Morgan fingerprint density at radius 1 is 1.23 bits per heavy atom. The second-order valence-electron chi connectivity index (χ2n) is 7.53. The summed E-state index contributed by atoms with van der Waals surface area (Å²) in [4.78, 5) is 4.40. The van der Waals surface area contributed by atoms with Crippen LogP contribution in [-0.4, -0.2) is 45.2 Å². The van der Waals surface area contributed by atoms with Crippen LogP contribution in [0, 0.1) is 13.8 Å². The number of rotatable bonds is 7. The molecule has 0 aliphatic rings. The van der Waals surface area contributed by atoms with Crippen LogP contribution in [-0.2, 0) is 13.5 Å². The van der Waals surface area contributed by atoms with Crippen molar-refractivity contribution in [2.75, 3.05) is 13.6 Å². The maximum Gasteiger partial charge on any atom is 0.191 e. The summed E-state index contributed by atoms with van der Waals surface area (Å²) < 4.78 is 3.88. The van der Waals surface area contributed by atoms with E-state index in [0.717, 1.165) is 28.7 Å². The number of halogens is 1. The van der Waals surface area contributed by atoms with Gasteiger partial charge in [-0.25, -0.2) is 0 Å². The van der Waals surface area contributed by atoms with Crippen LogP contribution in [0.1, 0.15) is 35.5 Å². The second kappa shape index (κ2) is 9.80. The highest BCUT2D eigenvalue weighted by Gasteiger charge is 2.17. The van der Waals surface area contributed by atoms with Crippen LogP contribution in [0.4, 0.5) is 0 Å². The predicted octanol–water partition coefficient (Wildman–Crippen LogP) is 3.27. The minimum Gasteiger partial charge on any atom is -0.354 e. The third kappa shape index (κ3) is 5.21. The number of hydrogen-bond acceptors (Lipinski definition) is 3. The van der Waals surface area contributed by atoms with Crippen molar-refractivity contribution >= 4 is 17.6 Å². The van der Waals surface area contributed by atoms with Crippen molar-refractivity contribution in [2.24, 2.45) is 12.0 Å². The van der Waals surface area contributed by atoms with Crippen molar-refractivity contribution in [1.29, 1.82) is 0 Å². The van der Waals surface area contributed by atoms with E-state index in [0.29, 0.717) is 6.54 Å². The van der Waals surface area contributed by atoms with Gasteiger partial charge in [0.2, 0.25) is 0 Å². The van der Waals surface area contributed by atoms with Gasteiger partial charge in [-0.2, -0.15) is 10.2 Å². The van der Waals surface area contributed by atoms with Gasteiger partial charge in [0.05, 0.1) is 11.7 Å². The van der Waals surface area contributed by atoms with E-state index in [1.54, 1.807) is 13.2 Å². The topological polar surface area (TPSA) is 72.1 Å². The third-order valence-corrected chi connectivity index (χ3v) is 5.59. The van der Waals surface area contributed by atoms with Gasteiger partial charge < -0.3 is 10.6 Å². The van der Waals surface area contributed by atoms with Gasteiger partial charge in [-0.3, -0.25) is 14.4 Å². The first kappa shape index (κ1) is 21.9. The molecule has 3 rings (SSSR count). The Morgan fingerprint density at radius 2 is 1.97 bits per heavy atom. The van der Waals surface area contributed by atoms with Gasteiger partial charge in [0.25, 0.3) is 0 Å². The summed E-state index contributed by atoms with van der Waals surface area (Å²) >= 11 is 6.07. The minimum absolute atomic E-state index is 0.0222. The lowest BCUT2D eigenvalue weighted by Crippen LogP contribution is -2.45. The number of aromatic nitrogens is 4. The van der Waals surface area contributed by atoms with Crippen molar-refractivity contribution < 1.29 is 0 Å². The van der Waals surface area contributed by atoms with Crippen molar-refractivity contribution in [2.45, 2.75) is 39.3 Å². The summed E-state index contributed by atoms with van der Waals surface area (Å²) in [6, 6.07) is 10.0. The smallest absolute Gasteiger partial charge is 0.191 e. The van der Waals surface area contributed by atoms with Crippen molar-refractivity contribution in [3.63, 3.8) is 0 Å². The quantitative estimate of drug-likeness (QED) is 0.448. The van der Waals surface area contributed by atoms with Crippen molar-refractivity contribution in [3.8, 4) is 0 Å². The number of aliphatic imine (C=N–C) groups is 1. The van der Waals surface area contributed by atoms with Crippen LogP contribution in [0.15, 0.2) is 47.7 Å². The van der Waals surface area contributed by atoms with Gasteiger partial charge in [-0.1, -0.05) is 23.7 Å². The molecule has 2 unspecified atom stereocenters. The predicted molar refractivity (Wildman–Crippen MR) is 122 cm³/mol. The van der Waals surface area contributed by atoms with Crippen LogP contribution in [0.3, 0.4) is 0 Å². The van der Waals surface area contributed by atoms with Crippen LogP contribution >= 0.6 is 11.6 Å². The summed E-state index contributed by atoms with van der Waals surface area (Å²) in [6.07, 6.45) is 4.64. The van der Waals surface area contributed by atoms with Gasteiger partial charge in [-0.15, -0.1) is 0 Å². The highest BCUT2D eigenvalue weighted by atomic mass is 35.5. The van der Waals surface area contributed by atoms with Crippen LogP contribution in [0.5, 0.6) is 0 Å². The summed E-state index contributed by atoms with van der Waals surface area (Å²) in [5, 5.41) is 16.6. The van der Waals surface area contributed by atoms with E-state index >= 15 is 0 Å². The van der Waals surface area contributed by atoms with E-state index in [2.05, 4.69) is 46.6 Å². The summed E-state index contributed by atoms with van der Waals surface area (Å²) in [5.74, 6) is 0.757. The van der Waals surface area contributed by atoms with Crippen LogP contribution in [0.2, 0.25) is 5.02 Å². The molecule has 0 fully saturated rings. The molecular weight excluding hydrogens is 398 g/mol. The van der Waals surface area contributed by atoms with Gasteiger partial charge in [-0.05, 0) is 56.5 Å². The molecule has 2 heterocycles. The fraction of sp³-hybridized carbons (Fsp3) is 0.409. The van der Waals surface area contributed by atoms with E-state index in [1.165, 1.54) is 11.3 Å². The number of benzene rings is 1. The maximum atomic E-state index is 6.07. The molecule has 7 nitrogen and oxygen atoms in total. The summed E-state index contributed by atoms with van der Waals surface area (Å²) in [6.45, 7) is 6.96. The number of guanidine groups is 1. The van der Waals surface area contributed by atoms with Gasteiger partial charge in [0.15, 0.2) is 5.96 Å². The highest BCUT2D eigenvalue weighted by molar-refractivity contribution is 6.30. The highest BCUT2D eigenvalue weighted by Crippen LogP contribution is 2.19. The Labute approximate surface area is 183 Å². The van der Waals surface area contributed by atoms with Crippen LogP contribution in [0.25, 0.3) is 0 Å². The summed E-state index contributed by atoms with van der Waals surface area (Å²) in [5.41, 5.74) is 4.68. The molecule has 8 heteroatoms. The molecule has 0 radical (unpaired) electrons. The molecule has 2 N–H and O–H groups in total. The maximum absolute atomic E-state index is 6.07. The zero-order chi connectivity index (χ0) is 21.7. The number of aryl methyl sites for hydroxylation is 2. The lowest BCUT2D eigenvalue weighted by atomic mass is 10.1. The van der Waals surface area contributed by atoms with E-state index in [9.17, 15) is 0 Å². The first-order chi connectivity index (χ1) is 14.4. The van der Waals surface area contributed by atoms with Gasteiger partial charge in [0.1, 0.15) is 0 Å². The Hall–Kier alpha value is -2.80. The normalized spacial score (nSPS) is 13.9. The monoisotopic (exact) mass is 427 g/mol. The molecular formula is C22H30ClN7. The molecule has 0 saturated carbocycles. The lowest BCUT2D eigenvalue weighted by Gasteiger charge is -2.22. The molecule has 160 valence electrons. The van der Waals surface area contributed by atoms with Crippen molar-refractivity contribution in [1.82, 2.24) is 30.2 Å². The molecule has 0 aliphatic carbocycles. The molecule has 30 heavy (non-hydrogen) atoms. The molecule has 0 saturated heterocycles. The summed E-state index contributed by atoms with van der Waals surface area (Å²) in [7, 11) is 3.77. The standard InChI is InChI=1S/C22H30ClN7/c1-15(13-20-16(2)28-29(5)17(20)3)27-22(24-4)25-14-21(30-12-6-11-26-30)18-7-9-19(23)10-8-18/h6-12,15,21H,13-14H2,1-5H3,(H2,24,25,27). The largest absolute Gasteiger partial charge is 0.354 e. The SMILES string of the molecule is CN=C(NCC(c1ccc(Cl)cc1)n1cccn1)NC(C)Cc1c(C)nn(C)c1C. The molecule has 2 atom stereocenters. The van der Waals surface area contributed by atoms with Crippen LogP contribution < -0.4 is 10.6 Å². The Bertz CT molecular complexity index is 974. The Morgan fingerprint density at radius 3 is 2.53 bits per heavy atom. The minimum atomic E-state index is 0.0222. The first-order valence-corrected chi connectivity index (χ1v) is 10.5. The fourth-order valence-electron chi connectivity index (χ4n) is 3.61. The molecule has 0 aliphatic heterocycles. The zero-order valence-electron chi connectivity index (χ0n) is 18.2. The van der Waals surface area contributed by atoms with Gasteiger partial charge in [0, 0.05) is 49.8 Å². The van der Waals surface area contributed by atoms with E-state index in [-0.39, 0.29) is 12.1 Å². The third-order valence-electron chi connectivity index (χ3n) is 5.34. The fourth-order valence-corrected chi connectivity index (χ4v) is 3.73. The average Bonchev–Trinajstić information content (AvgIpc) is 3.33. The Balaban J connectivity index is 1.66. The van der Waals surface area contributed by atoms with E-state index < -0.39 is 0 Å².